The van der Waals surface area contributed by atoms with Crippen molar-refractivity contribution >= 4 is 13.7 Å². The minimum absolute atomic E-state index is 0.0495. The Balaban J connectivity index is 3.84. The first-order valence-corrected chi connectivity index (χ1v) is 20.3. The Morgan fingerprint density at radius 3 is 1.57 bits per heavy atom. The SMILES string of the molecule is CCCCCCCCCCCCCCCCCC/C=C/CC/C=C/CC/C=C/C(O)C(COP(=O)(O)OCC[N+](C)(C)C)NC(C)=O. The number of carbonyl (C=O) groups excluding carboxylic acids is 1. The fourth-order valence-electron chi connectivity index (χ4n) is 5.16. The third-order valence-electron chi connectivity index (χ3n) is 8.13. The molecule has 0 aliphatic carbocycles. The molecule has 0 spiro atoms. The summed E-state index contributed by atoms with van der Waals surface area (Å²) in [4.78, 5) is 21.5. The van der Waals surface area contributed by atoms with Crippen LogP contribution in [0.4, 0.5) is 0 Å². The minimum Gasteiger partial charge on any atom is -0.387 e. The third kappa shape index (κ3) is 34.4. The van der Waals surface area contributed by atoms with E-state index in [4.69, 9.17) is 9.05 Å². The van der Waals surface area contributed by atoms with Gasteiger partial charge in [0.1, 0.15) is 13.2 Å². The quantitative estimate of drug-likeness (QED) is 0.0275. The maximum absolute atomic E-state index is 12.2. The number of likely N-dealkylation sites (N-methyl/N-ethyl adjacent to an activating group) is 1. The monoisotopic (exact) mass is 686 g/mol. The summed E-state index contributed by atoms with van der Waals surface area (Å²) in [6, 6.07) is -0.868. The van der Waals surface area contributed by atoms with E-state index in [2.05, 4.69) is 36.5 Å². The molecule has 3 atom stereocenters. The van der Waals surface area contributed by atoms with Gasteiger partial charge >= 0.3 is 7.82 Å². The molecule has 0 fully saturated rings. The highest BCUT2D eigenvalue weighted by atomic mass is 31.2. The van der Waals surface area contributed by atoms with Crippen molar-refractivity contribution in [2.45, 2.75) is 161 Å². The van der Waals surface area contributed by atoms with E-state index in [1.165, 1.54) is 116 Å². The van der Waals surface area contributed by atoms with Gasteiger partial charge in [-0.05, 0) is 38.5 Å². The fourth-order valence-corrected chi connectivity index (χ4v) is 5.90. The number of phosphoric acid groups is 1. The molecule has 0 bridgehead atoms. The molecule has 0 aromatic rings. The van der Waals surface area contributed by atoms with E-state index < -0.39 is 20.0 Å². The number of quaternary nitrogens is 1. The molecule has 1 amide bonds. The maximum atomic E-state index is 12.2. The molecule has 0 aromatic heterocycles. The maximum Gasteiger partial charge on any atom is 0.472 e. The summed E-state index contributed by atoms with van der Waals surface area (Å²) in [6.45, 7) is 3.83. The van der Waals surface area contributed by atoms with E-state index in [9.17, 15) is 19.4 Å². The Hall–Kier alpha value is -1.28. The molecular formula is C38H74N2O6P+. The van der Waals surface area contributed by atoms with Crippen LogP contribution in [0.15, 0.2) is 36.5 Å². The Bertz CT molecular complexity index is 871. The summed E-state index contributed by atoms with van der Waals surface area (Å²) in [7, 11) is 1.53. The van der Waals surface area contributed by atoms with Crippen LogP contribution in [-0.2, 0) is 18.4 Å². The number of unbranched alkanes of at least 4 members (excludes halogenated alkanes) is 18. The second-order valence-electron chi connectivity index (χ2n) is 14.0. The van der Waals surface area contributed by atoms with Crippen molar-refractivity contribution in [1.82, 2.24) is 5.32 Å². The van der Waals surface area contributed by atoms with Crippen LogP contribution in [0.5, 0.6) is 0 Å². The van der Waals surface area contributed by atoms with E-state index in [1.54, 1.807) is 6.08 Å². The third-order valence-corrected chi connectivity index (χ3v) is 9.11. The summed E-state index contributed by atoms with van der Waals surface area (Å²) in [5.41, 5.74) is 0. The van der Waals surface area contributed by atoms with Gasteiger partial charge in [0.25, 0.3) is 0 Å². The van der Waals surface area contributed by atoms with Crippen molar-refractivity contribution in [2.75, 3.05) is 40.9 Å². The van der Waals surface area contributed by atoms with Crippen molar-refractivity contribution in [3.8, 4) is 0 Å². The van der Waals surface area contributed by atoms with Crippen molar-refractivity contribution in [3.63, 3.8) is 0 Å². The first-order valence-electron chi connectivity index (χ1n) is 18.8. The van der Waals surface area contributed by atoms with Gasteiger partial charge in [0.2, 0.25) is 5.91 Å². The van der Waals surface area contributed by atoms with Gasteiger partial charge in [-0.3, -0.25) is 13.8 Å². The molecule has 0 rings (SSSR count). The molecule has 3 unspecified atom stereocenters. The van der Waals surface area contributed by atoms with Crippen molar-refractivity contribution in [3.05, 3.63) is 36.5 Å². The molecule has 47 heavy (non-hydrogen) atoms. The number of phosphoric ester groups is 1. The van der Waals surface area contributed by atoms with Crippen LogP contribution >= 0.6 is 7.82 Å². The van der Waals surface area contributed by atoms with Gasteiger partial charge in [-0.25, -0.2) is 4.57 Å². The lowest BCUT2D eigenvalue weighted by Crippen LogP contribution is -2.44. The van der Waals surface area contributed by atoms with E-state index in [0.29, 0.717) is 11.0 Å². The number of aliphatic hydroxyl groups excluding tert-OH is 1. The Kier molecular flexibility index (Phi) is 29.9. The molecule has 0 aromatic carbocycles. The van der Waals surface area contributed by atoms with Crippen LogP contribution in [0.1, 0.15) is 149 Å². The number of aliphatic hydroxyl groups is 1. The Morgan fingerprint density at radius 1 is 0.702 bits per heavy atom. The van der Waals surface area contributed by atoms with Gasteiger partial charge in [-0.1, -0.05) is 140 Å². The standard InChI is InChI=1S/C38H73N2O6P/c1-6-7-8-9-10-11-12-13-14-15-16-17-18-19-20-21-22-23-24-25-26-27-28-29-30-31-32-38(42)37(39-36(2)41)35-46-47(43,44)45-34-33-40(3,4)5/h23-24,27-28,31-32,37-38,42H,6-22,25-26,29-30,33-35H2,1-5H3,(H-,39,41,43,44)/p+1/b24-23+,28-27+,32-31+. The first kappa shape index (κ1) is 45.7. The van der Waals surface area contributed by atoms with Crippen molar-refractivity contribution < 1.29 is 32.9 Å². The van der Waals surface area contributed by atoms with Crippen LogP contribution in [0.2, 0.25) is 0 Å². The number of rotatable bonds is 33. The Morgan fingerprint density at radius 2 is 1.13 bits per heavy atom. The second kappa shape index (κ2) is 30.8. The fraction of sp³-hybridized carbons (Fsp3) is 0.816. The van der Waals surface area contributed by atoms with Gasteiger partial charge in [-0.2, -0.15) is 0 Å². The number of hydrogen-bond donors (Lipinski definition) is 3. The van der Waals surface area contributed by atoms with Gasteiger partial charge in [-0.15, -0.1) is 0 Å². The zero-order valence-electron chi connectivity index (χ0n) is 31.0. The number of nitrogens with one attached hydrogen (secondary N) is 1. The molecule has 8 nitrogen and oxygen atoms in total. The smallest absolute Gasteiger partial charge is 0.387 e. The number of allylic oxidation sites excluding steroid dienone is 5. The van der Waals surface area contributed by atoms with E-state index in [-0.39, 0.29) is 19.1 Å². The summed E-state index contributed by atoms with van der Waals surface area (Å²) in [5, 5.41) is 13.1. The summed E-state index contributed by atoms with van der Waals surface area (Å²) >= 11 is 0. The lowest BCUT2D eigenvalue weighted by Gasteiger charge is -2.25. The van der Waals surface area contributed by atoms with Gasteiger partial charge in [0.15, 0.2) is 0 Å². The molecule has 3 N–H and O–H groups in total. The average Bonchev–Trinajstić information content (AvgIpc) is 3.00. The summed E-state index contributed by atoms with van der Waals surface area (Å²) in [5.74, 6) is -0.369. The van der Waals surface area contributed by atoms with E-state index >= 15 is 0 Å². The normalized spacial score (nSPS) is 15.1. The molecule has 0 heterocycles. The molecule has 0 aliphatic rings. The number of hydrogen-bond acceptors (Lipinski definition) is 5. The first-order chi connectivity index (χ1) is 22.5. The topological polar surface area (TPSA) is 105 Å². The highest BCUT2D eigenvalue weighted by Crippen LogP contribution is 2.43. The summed E-state index contributed by atoms with van der Waals surface area (Å²) < 4.78 is 22.8. The predicted octanol–water partition coefficient (Wildman–Crippen LogP) is 9.57. The second-order valence-corrected chi connectivity index (χ2v) is 15.5. The van der Waals surface area contributed by atoms with Crippen LogP contribution in [-0.4, -0.2) is 73.4 Å². The van der Waals surface area contributed by atoms with Crippen LogP contribution in [0.3, 0.4) is 0 Å². The molecular weight excluding hydrogens is 611 g/mol. The molecule has 0 saturated heterocycles. The molecule has 0 saturated carbocycles. The van der Waals surface area contributed by atoms with E-state index in [1.807, 2.05) is 27.2 Å². The number of nitrogens with zero attached hydrogens (tertiary/aromatic N) is 1. The highest BCUT2D eigenvalue weighted by molar-refractivity contribution is 7.47. The van der Waals surface area contributed by atoms with Crippen molar-refractivity contribution in [2.24, 2.45) is 0 Å². The van der Waals surface area contributed by atoms with Gasteiger partial charge in [0.05, 0.1) is 39.9 Å². The predicted molar refractivity (Wildman–Crippen MR) is 198 cm³/mol. The van der Waals surface area contributed by atoms with Crippen molar-refractivity contribution in [1.29, 1.82) is 0 Å². The Labute approximate surface area is 289 Å². The minimum atomic E-state index is -4.30. The summed E-state index contributed by atoms with van der Waals surface area (Å²) in [6.07, 6.45) is 38.6. The lowest BCUT2D eigenvalue weighted by molar-refractivity contribution is -0.870. The molecule has 0 radical (unpaired) electrons. The van der Waals surface area contributed by atoms with E-state index in [0.717, 1.165) is 25.7 Å². The van der Waals surface area contributed by atoms with Crippen LogP contribution in [0.25, 0.3) is 0 Å². The zero-order valence-corrected chi connectivity index (χ0v) is 31.9. The number of carbonyl (C=O) groups is 1. The number of amides is 1. The largest absolute Gasteiger partial charge is 0.472 e. The highest BCUT2D eigenvalue weighted by Gasteiger charge is 2.27. The lowest BCUT2D eigenvalue weighted by atomic mass is 10.0. The van der Waals surface area contributed by atoms with Crippen LogP contribution < -0.4 is 5.32 Å². The molecule has 0 aliphatic heterocycles. The van der Waals surface area contributed by atoms with Gasteiger partial charge in [0, 0.05) is 6.92 Å². The zero-order chi connectivity index (χ0) is 35.1. The van der Waals surface area contributed by atoms with Crippen LogP contribution in [0, 0.1) is 0 Å². The average molecular weight is 686 g/mol. The molecule has 9 heteroatoms. The van der Waals surface area contributed by atoms with Gasteiger partial charge < -0.3 is 19.8 Å². The molecule has 276 valence electrons.